The minimum Gasteiger partial charge on any atom is -0.457 e. The van der Waals surface area contributed by atoms with Gasteiger partial charge in [0.05, 0.1) is 11.7 Å². The maximum absolute atomic E-state index is 11.7. The second-order valence-electron chi connectivity index (χ2n) is 3.21. The number of halogens is 1. The fourth-order valence-corrected chi connectivity index (χ4v) is 1.70. The second kappa shape index (κ2) is 3.74. The van der Waals surface area contributed by atoms with Crippen LogP contribution in [0.2, 0.25) is 0 Å². The van der Waals surface area contributed by atoms with E-state index in [-0.39, 0.29) is 12.0 Å². The highest BCUT2D eigenvalue weighted by Gasteiger charge is 2.31. The Bertz CT molecular complexity index is 344. The Morgan fingerprint density at radius 1 is 1.71 bits per heavy atom. The molecule has 0 radical (unpaired) electrons. The van der Waals surface area contributed by atoms with E-state index in [9.17, 15) is 4.79 Å². The molecule has 0 aliphatic carbocycles. The molecule has 2 heterocycles. The second-order valence-corrected chi connectivity index (χ2v) is 3.99. The molecule has 1 aliphatic heterocycles. The van der Waals surface area contributed by atoms with E-state index in [0.717, 1.165) is 0 Å². The van der Waals surface area contributed by atoms with Gasteiger partial charge in [0.25, 0.3) is 5.91 Å². The van der Waals surface area contributed by atoms with Gasteiger partial charge in [0.1, 0.15) is 6.26 Å². The molecule has 0 atom stereocenters. The van der Waals surface area contributed by atoms with Crippen molar-refractivity contribution in [2.75, 3.05) is 20.2 Å². The number of furan rings is 1. The van der Waals surface area contributed by atoms with Crippen LogP contribution in [0.1, 0.15) is 10.4 Å². The molecule has 2 rings (SSSR count). The third-order valence-corrected chi connectivity index (χ3v) is 2.70. The van der Waals surface area contributed by atoms with Gasteiger partial charge in [-0.3, -0.25) is 4.79 Å². The molecule has 76 valence electrons. The number of likely N-dealkylation sites (tertiary alicyclic amines) is 1. The van der Waals surface area contributed by atoms with E-state index in [4.69, 9.17) is 9.15 Å². The van der Waals surface area contributed by atoms with Crippen molar-refractivity contribution in [1.29, 1.82) is 0 Å². The first-order valence-electron chi connectivity index (χ1n) is 4.27. The van der Waals surface area contributed by atoms with Gasteiger partial charge in [-0.1, -0.05) is 0 Å². The predicted molar refractivity (Wildman–Crippen MR) is 53.1 cm³/mol. The lowest BCUT2D eigenvalue weighted by Gasteiger charge is -2.37. The Morgan fingerprint density at radius 3 is 2.93 bits per heavy atom. The van der Waals surface area contributed by atoms with E-state index < -0.39 is 0 Å². The zero-order valence-electron chi connectivity index (χ0n) is 7.70. The molecule has 1 aromatic rings. The summed E-state index contributed by atoms with van der Waals surface area (Å²) in [6.45, 7) is 1.33. The molecule has 0 spiro atoms. The molecule has 0 bridgehead atoms. The van der Waals surface area contributed by atoms with Gasteiger partial charge >= 0.3 is 0 Å². The summed E-state index contributed by atoms with van der Waals surface area (Å²) in [5.41, 5.74) is 0.575. The van der Waals surface area contributed by atoms with Crippen molar-refractivity contribution in [3.05, 3.63) is 22.6 Å². The number of carbonyl (C=O) groups is 1. The Labute approximate surface area is 89.9 Å². The fraction of sp³-hybridized carbons (Fsp3) is 0.444. The van der Waals surface area contributed by atoms with Crippen molar-refractivity contribution in [3.63, 3.8) is 0 Å². The van der Waals surface area contributed by atoms with Crippen molar-refractivity contribution in [3.8, 4) is 0 Å². The molecule has 1 fully saturated rings. The molecule has 0 aromatic carbocycles. The topological polar surface area (TPSA) is 42.7 Å². The van der Waals surface area contributed by atoms with E-state index in [2.05, 4.69) is 15.9 Å². The van der Waals surface area contributed by atoms with Crippen LogP contribution in [-0.4, -0.2) is 37.1 Å². The Kier molecular flexibility index (Phi) is 2.60. The van der Waals surface area contributed by atoms with E-state index >= 15 is 0 Å². The molecular weight excluding hydrogens is 250 g/mol. The summed E-state index contributed by atoms with van der Waals surface area (Å²) in [7, 11) is 1.65. The zero-order valence-corrected chi connectivity index (χ0v) is 9.28. The van der Waals surface area contributed by atoms with Gasteiger partial charge in [-0.2, -0.15) is 0 Å². The molecule has 5 heteroatoms. The summed E-state index contributed by atoms with van der Waals surface area (Å²) in [4.78, 5) is 13.4. The van der Waals surface area contributed by atoms with E-state index in [1.807, 2.05) is 0 Å². The van der Waals surface area contributed by atoms with Crippen molar-refractivity contribution in [1.82, 2.24) is 4.90 Å². The molecule has 0 N–H and O–H groups in total. The maximum Gasteiger partial charge on any atom is 0.257 e. The van der Waals surface area contributed by atoms with Gasteiger partial charge in [0.2, 0.25) is 0 Å². The van der Waals surface area contributed by atoms with Crippen LogP contribution in [0.3, 0.4) is 0 Å². The monoisotopic (exact) mass is 259 g/mol. The Hall–Kier alpha value is -0.810. The number of nitrogens with zero attached hydrogens (tertiary/aromatic N) is 1. The van der Waals surface area contributed by atoms with Crippen molar-refractivity contribution in [2.45, 2.75) is 6.10 Å². The third kappa shape index (κ3) is 1.69. The van der Waals surface area contributed by atoms with Crippen molar-refractivity contribution in [2.24, 2.45) is 0 Å². The molecule has 1 saturated heterocycles. The minimum absolute atomic E-state index is 0.00671. The van der Waals surface area contributed by atoms with Gasteiger partial charge in [-0.15, -0.1) is 0 Å². The molecule has 1 amide bonds. The van der Waals surface area contributed by atoms with Gasteiger partial charge < -0.3 is 14.1 Å². The normalized spacial score (nSPS) is 16.9. The van der Waals surface area contributed by atoms with Crippen molar-refractivity contribution < 1.29 is 13.9 Å². The number of ether oxygens (including phenoxy) is 1. The summed E-state index contributed by atoms with van der Waals surface area (Å²) in [5, 5.41) is 0. The molecule has 4 nitrogen and oxygen atoms in total. The highest BCUT2D eigenvalue weighted by atomic mass is 79.9. The number of carbonyl (C=O) groups excluding carboxylic acids is 1. The first kappa shape index (κ1) is 9.73. The van der Waals surface area contributed by atoms with Gasteiger partial charge in [0.15, 0.2) is 4.67 Å². The highest BCUT2D eigenvalue weighted by molar-refractivity contribution is 9.10. The zero-order chi connectivity index (χ0) is 10.1. The van der Waals surface area contributed by atoms with Crippen LogP contribution in [0.5, 0.6) is 0 Å². The summed E-state index contributed by atoms with van der Waals surface area (Å²) in [6, 6.07) is 1.67. The SMILES string of the molecule is COC1CN(C(=O)c2coc(Br)c2)C1. The molecular formula is C9H10BrNO3. The highest BCUT2D eigenvalue weighted by Crippen LogP contribution is 2.19. The number of hydrogen-bond donors (Lipinski definition) is 0. The standard InChI is InChI=1S/C9H10BrNO3/c1-13-7-3-11(4-7)9(12)6-2-8(10)14-5-6/h2,5,7H,3-4H2,1H3. The first-order valence-corrected chi connectivity index (χ1v) is 5.06. The van der Waals surface area contributed by atoms with Crippen LogP contribution in [0.15, 0.2) is 21.4 Å². The average Bonchev–Trinajstić information content (AvgIpc) is 2.49. The number of amides is 1. The maximum atomic E-state index is 11.7. The smallest absolute Gasteiger partial charge is 0.257 e. The van der Waals surface area contributed by atoms with Crippen LogP contribution in [0.4, 0.5) is 0 Å². The number of rotatable bonds is 2. The van der Waals surface area contributed by atoms with E-state index in [1.165, 1.54) is 6.26 Å². The van der Waals surface area contributed by atoms with Crippen LogP contribution in [0.25, 0.3) is 0 Å². The predicted octanol–water partition coefficient (Wildman–Crippen LogP) is 1.51. The van der Waals surface area contributed by atoms with Gasteiger partial charge in [-0.25, -0.2) is 0 Å². The summed E-state index contributed by atoms with van der Waals surface area (Å²) in [6.07, 6.45) is 1.64. The van der Waals surface area contributed by atoms with Crippen molar-refractivity contribution >= 4 is 21.8 Å². The minimum atomic E-state index is -0.00671. The summed E-state index contributed by atoms with van der Waals surface area (Å²) in [5.74, 6) is -0.00671. The lowest BCUT2D eigenvalue weighted by Crippen LogP contribution is -2.54. The Morgan fingerprint density at radius 2 is 2.43 bits per heavy atom. The van der Waals surface area contributed by atoms with Crippen LogP contribution in [0, 0.1) is 0 Å². The quantitative estimate of drug-likeness (QED) is 0.809. The van der Waals surface area contributed by atoms with Gasteiger partial charge in [-0.05, 0) is 15.9 Å². The lowest BCUT2D eigenvalue weighted by atomic mass is 10.1. The summed E-state index contributed by atoms with van der Waals surface area (Å²) >= 11 is 3.15. The summed E-state index contributed by atoms with van der Waals surface area (Å²) < 4.78 is 10.7. The number of methoxy groups -OCH3 is 1. The molecule has 1 aliphatic rings. The first-order chi connectivity index (χ1) is 6.70. The van der Waals surface area contributed by atoms with Gasteiger partial charge in [0, 0.05) is 26.3 Å². The molecule has 0 unspecified atom stereocenters. The fourth-order valence-electron chi connectivity index (χ4n) is 1.36. The van der Waals surface area contributed by atoms with Crippen LogP contribution >= 0.6 is 15.9 Å². The average molecular weight is 260 g/mol. The Balaban J connectivity index is 1.97. The van der Waals surface area contributed by atoms with E-state index in [1.54, 1.807) is 18.1 Å². The van der Waals surface area contributed by atoms with Crippen LogP contribution < -0.4 is 0 Å². The van der Waals surface area contributed by atoms with Crippen LogP contribution in [-0.2, 0) is 4.74 Å². The van der Waals surface area contributed by atoms with E-state index in [0.29, 0.717) is 23.3 Å². The third-order valence-electron chi connectivity index (χ3n) is 2.28. The number of hydrogen-bond acceptors (Lipinski definition) is 3. The molecule has 0 saturated carbocycles. The largest absolute Gasteiger partial charge is 0.457 e. The lowest BCUT2D eigenvalue weighted by molar-refractivity contribution is -0.0192. The molecule has 1 aromatic heterocycles. The molecule has 14 heavy (non-hydrogen) atoms.